The van der Waals surface area contributed by atoms with Gasteiger partial charge in [-0.25, -0.2) is 4.98 Å². The molecule has 0 saturated carbocycles. The molecule has 1 saturated heterocycles. The number of aromatic nitrogens is 1. The van der Waals surface area contributed by atoms with Gasteiger partial charge in [-0.05, 0) is 48.8 Å². The van der Waals surface area contributed by atoms with Crippen LogP contribution in [-0.4, -0.2) is 45.2 Å². The van der Waals surface area contributed by atoms with E-state index in [1.165, 1.54) is 11.3 Å². The predicted molar refractivity (Wildman–Crippen MR) is 118 cm³/mol. The van der Waals surface area contributed by atoms with E-state index in [2.05, 4.69) is 17.2 Å². The summed E-state index contributed by atoms with van der Waals surface area (Å²) in [6.07, 6.45) is 4.24. The lowest BCUT2D eigenvalue weighted by Gasteiger charge is -2.29. The number of nitrogens with one attached hydrogen (secondary N) is 1. The molecular formula is C22H23N3O4S2. The maximum absolute atomic E-state index is 12.8. The molecule has 4 heterocycles. The second-order valence-electron chi connectivity index (χ2n) is 7.59. The Labute approximate surface area is 188 Å². The summed E-state index contributed by atoms with van der Waals surface area (Å²) in [5, 5.41) is 3.09. The van der Waals surface area contributed by atoms with Crippen LogP contribution in [0.15, 0.2) is 29.4 Å². The van der Waals surface area contributed by atoms with Gasteiger partial charge in [0.15, 0.2) is 5.78 Å². The first kappa shape index (κ1) is 21.7. The zero-order valence-corrected chi connectivity index (χ0v) is 18.8. The highest BCUT2D eigenvalue weighted by molar-refractivity contribution is 7.99. The first-order valence-electron chi connectivity index (χ1n) is 10.3. The predicted octanol–water partition coefficient (Wildman–Crippen LogP) is 3.22. The highest BCUT2D eigenvalue weighted by Gasteiger charge is 2.40. The molecule has 7 nitrogen and oxygen atoms in total. The number of nitrogens with zero attached hydrogens (tertiary/aromatic N) is 2. The molecule has 4 rings (SSSR count). The number of imide groups is 1. The molecule has 162 valence electrons. The highest BCUT2D eigenvalue weighted by atomic mass is 32.2. The van der Waals surface area contributed by atoms with Crippen molar-refractivity contribution in [2.45, 2.75) is 56.6 Å². The zero-order chi connectivity index (χ0) is 22.0. The van der Waals surface area contributed by atoms with Gasteiger partial charge in [0.2, 0.25) is 11.8 Å². The van der Waals surface area contributed by atoms with Crippen LogP contribution in [0.4, 0.5) is 0 Å². The standard InChI is InChI=1S/C22H23N3O4S2/c1-2-10-30-21-15(4-3-9-23-21)17(26)7-5-14-11-13-12-25(22(29)19(13)31-14)16-6-8-18(27)24-20(16)28/h3-4,9,11,16H,2,5-8,10,12H2,1H3,(H,24,27,28). The van der Waals surface area contributed by atoms with Gasteiger partial charge in [0.05, 0.1) is 4.88 Å². The molecule has 0 aromatic carbocycles. The molecule has 1 atom stereocenters. The lowest BCUT2D eigenvalue weighted by Crippen LogP contribution is -2.52. The Kier molecular flexibility index (Phi) is 6.52. The third-order valence-corrected chi connectivity index (χ3v) is 7.79. The number of hydrogen-bond donors (Lipinski definition) is 1. The summed E-state index contributed by atoms with van der Waals surface area (Å²) < 4.78 is 0. The SMILES string of the molecule is CCCSc1ncccc1C(=O)CCc1cc2c(s1)C(=O)N(C1CCC(=O)NC1=O)C2. The summed E-state index contributed by atoms with van der Waals surface area (Å²) in [5.74, 6) is 0.105. The summed E-state index contributed by atoms with van der Waals surface area (Å²) >= 11 is 2.99. The molecule has 0 spiro atoms. The number of fused-ring (bicyclic) bond motifs is 1. The van der Waals surface area contributed by atoms with Crippen LogP contribution in [-0.2, 0) is 22.6 Å². The number of Topliss-reactive ketones (excluding diaryl/α,β-unsaturated/α-hetero) is 1. The quantitative estimate of drug-likeness (QED) is 0.371. The first-order chi connectivity index (χ1) is 15.0. The van der Waals surface area contributed by atoms with E-state index in [9.17, 15) is 19.2 Å². The minimum absolute atomic E-state index is 0.0526. The van der Waals surface area contributed by atoms with Gasteiger partial charge in [0, 0.05) is 36.0 Å². The van der Waals surface area contributed by atoms with E-state index in [-0.39, 0.29) is 24.0 Å². The lowest BCUT2D eigenvalue weighted by molar-refractivity contribution is -0.136. The van der Waals surface area contributed by atoms with Gasteiger partial charge in [-0.15, -0.1) is 23.1 Å². The van der Waals surface area contributed by atoms with E-state index in [1.54, 1.807) is 28.9 Å². The Hall–Kier alpha value is -2.52. The number of carbonyl (C=O) groups is 4. The summed E-state index contributed by atoms with van der Waals surface area (Å²) in [5.41, 5.74) is 1.55. The van der Waals surface area contributed by atoms with Gasteiger partial charge in [-0.1, -0.05) is 6.92 Å². The van der Waals surface area contributed by atoms with Crippen molar-refractivity contribution in [2.75, 3.05) is 5.75 Å². The van der Waals surface area contributed by atoms with E-state index in [0.717, 1.165) is 27.6 Å². The van der Waals surface area contributed by atoms with Crippen molar-refractivity contribution in [1.29, 1.82) is 0 Å². The Morgan fingerprint density at radius 1 is 1.35 bits per heavy atom. The first-order valence-corrected chi connectivity index (χ1v) is 12.2. The summed E-state index contributed by atoms with van der Waals surface area (Å²) in [4.78, 5) is 56.6. The number of amides is 3. The second-order valence-corrected chi connectivity index (χ2v) is 9.82. The smallest absolute Gasteiger partial charge is 0.265 e. The van der Waals surface area contributed by atoms with E-state index < -0.39 is 11.9 Å². The number of thioether (sulfide) groups is 1. The number of piperidine rings is 1. The van der Waals surface area contributed by atoms with Crippen LogP contribution in [0.2, 0.25) is 0 Å². The normalized spacial score (nSPS) is 18.3. The molecule has 2 aromatic heterocycles. The molecule has 1 fully saturated rings. The molecule has 31 heavy (non-hydrogen) atoms. The molecule has 3 amide bonds. The highest BCUT2D eigenvalue weighted by Crippen LogP contribution is 2.34. The summed E-state index contributed by atoms with van der Waals surface area (Å²) in [6.45, 7) is 2.46. The van der Waals surface area contributed by atoms with Crippen molar-refractivity contribution in [3.05, 3.63) is 45.3 Å². The Balaban J connectivity index is 1.39. The monoisotopic (exact) mass is 457 g/mol. The van der Waals surface area contributed by atoms with Crippen molar-refractivity contribution in [3.63, 3.8) is 0 Å². The minimum Gasteiger partial charge on any atom is -0.321 e. The molecule has 1 unspecified atom stereocenters. The fourth-order valence-corrected chi connectivity index (χ4v) is 5.81. The van der Waals surface area contributed by atoms with Gasteiger partial charge < -0.3 is 4.90 Å². The van der Waals surface area contributed by atoms with E-state index in [4.69, 9.17) is 0 Å². The van der Waals surface area contributed by atoms with Crippen LogP contribution in [0, 0.1) is 0 Å². The van der Waals surface area contributed by atoms with Crippen LogP contribution in [0.3, 0.4) is 0 Å². The molecule has 1 N–H and O–H groups in total. The van der Waals surface area contributed by atoms with E-state index in [0.29, 0.717) is 36.2 Å². The fraction of sp³-hybridized carbons (Fsp3) is 0.409. The number of ketones is 1. The summed E-state index contributed by atoms with van der Waals surface area (Å²) in [6, 6.07) is 4.97. The molecule has 0 bridgehead atoms. The van der Waals surface area contributed by atoms with Crippen LogP contribution in [0.1, 0.15) is 63.1 Å². The van der Waals surface area contributed by atoms with Crippen molar-refractivity contribution >= 4 is 46.6 Å². The molecular weight excluding hydrogens is 434 g/mol. The number of rotatable bonds is 8. The Morgan fingerprint density at radius 2 is 2.19 bits per heavy atom. The Bertz CT molecular complexity index is 1050. The number of pyridine rings is 1. The third-order valence-electron chi connectivity index (χ3n) is 5.36. The van der Waals surface area contributed by atoms with Gasteiger partial charge in [0.25, 0.3) is 5.91 Å². The molecule has 2 aliphatic rings. The van der Waals surface area contributed by atoms with Gasteiger partial charge >= 0.3 is 0 Å². The van der Waals surface area contributed by atoms with Crippen molar-refractivity contribution < 1.29 is 19.2 Å². The molecule has 0 aliphatic carbocycles. The zero-order valence-electron chi connectivity index (χ0n) is 17.2. The minimum atomic E-state index is -0.598. The van der Waals surface area contributed by atoms with Crippen LogP contribution in [0.25, 0.3) is 0 Å². The molecule has 9 heteroatoms. The van der Waals surface area contributed by atoms with Crippen molar-refractivity contribution in [1.82, 2.24) is 15.2 Å². The third kappa shape index (κ3) is 4.57. The van der Waals surface area contributed by atoms with Crippen molar-refractivity contribution in [3.8, 4) is 0 Å². The van der Waals surface area contributed by atoms with E-state index >= 15 is 0 Å². The topological polar surface area (TPSA) is 96.4 Å². The fourth-order valence-electron chi connectivity index (χ4n) is 3.81. The van der Waals surface area contributed by atoms with Crippen LogP contribution < -0.4 is 5.32 Å². The van der Waals surface area contributed by atoms with Gasteiger partial charge in [-0.3, -0.25) is 24.5 Å². The van der Waals surface area contributed by atoms with Gasteiger partial charge in [-0.2, -0.15) is 0 Å². The average Bonchev–Trinajstić information content (AvgIpc) is 3.29. The largest absolute Gasteiger partial charge is 0.321 e. The second kappa shape index (κ2) is 9.32. The Morgan fingerprint density at radius 3 is 2.94 bits per heavy atom. The van der Waals surface area contributed by atoms with Crippen LogP contribution in [0.5, 0.6) is 0 Å². The maximum atomic E-state index is 12.8. The number of carbonyl (C=O) groups excluding carboxylic acids is 4. The maximum Gasteiger partial charge on any atom is 0.265 e. The number of hydrogen-bond acceptors (Lipinski definition) is 7. The average molecular weight is 458 g/mol. The lowest BCUT2D eigenvalue weighted by atomic mass is 10.0. The van der Waals surface area contributed by atoms with Crippen LogP contribution >= 0.6 is 23.1 Å². The number of aryl methyl sites for hydroxylation is 1. The number of thiophene rings is 1. The van der Waals surface area contributed by atoms with E-state index in [1.807, 2.05) is 12.1 Å². The van der Waals surface area contributed by atoms with Crippen molar-refractivity contribution in [2.24, 2.45) is 0 Å². The molecule has 0 radical (unpaired) electrons. The molecule has 2 aliphatic heterocycles. The summed E-state index contributed by atoms with van der Waals surface area (Å²) in [7, 11) is 0. The molecule has 2 aromatic rings. The van der Waals surface area contributed by atoms with Gasteiger partial charge in [0.1, 0.15) is 11.1 Å².